The highest BCUT2D eigenvalue weighted by atomic mass is 32.2. The van der Waals surface area contributed by atoms with Gasteiger partial charge >= 0.3 is 17.9 Å². The summed E-state index contributed by atoms with van der Waals surface area (Å²) in [4.78, 5) is 34.5. The quantitative estimate of drug-likeness (QED) is 0.385. The Hall–Kier alpha value is -3.65. The number of alkyl halides is 1. The Balaban J connectivity index is 0.000000319. The van der Waals surface area contributed by atoms with E-state index < -0.39 is 29.5 Å². The number of carbonyl (C=O) groups excluding carboxylic acids is 2. The van der Waals surface area contributed by atoms with Gasteiger partial charge in [-0.3, -0.25) is 0 Å². The molecule has 8 heteroatoms. The highest BCUT2D eigenvalue weighted by Crippen LogP contribution is 2.37. The van der Waals surface area contributed by atoms with Gasteiger partial charge in [-0.05, 0) is 63.6 Å². The lowest BCUT2D eigenvalue weighted by Gasteiger charge is -2.14. The van der Waals surface area contributed by atoms with Gasteiger partial charge in [-0.2, -0.15) is 0 Å². The van der Waals surface area contributed by atoms with Gasteiger partial charge in [0.1, 0.15) is 12.8 Å². The van der Waals surface area contributed by atoms with Crippen molar-refractivity contribution in [1.29, 1.82) is 0 Å². The molecule has 0 aliphatic carbocycles. The molecule has 1 saturated heterocycles. The maximum absolute atomic E-state index is 14.2. The molecular formula is C29H29FO6S. The average Bonchev–Trinajstić information content (AvgIpc) is 3.22. The first-order valence-corrected chi connectivity index (χ1v) is 12.7. The maximum Gasteiger partial charge on any atom is 0.339 e. The number of benzene rings is 3. The van der Waals surface area contributed by atoms with Gasteiger partial charge in [-0.25, -0.2) is 18.8 Å². The van der Waals surface area contributed by atoms with E-state index in [4.69, 9.17) is 14.6 Å². The number of rotatable bonds is 6. The van der Waals surface area contributed by atoms with Crippen LogP contribution in [0, 0.1) is 20.8 Å². The molecule has 4 rings (SSSR count). The van der Waals surface area contributed by atoms with Crippen molar-refractivity contribution in [2.45, 2.75) is 44.0 Å². The summed E-state index contributed by atoms with van der Waals surface area (Å²) < 4.78 is 24.8. The number of carboxylic acid groups (broad SMARTS) is 1. The van der Waals surface area contributed by atoms with E-state index in [1.54, 1.807) is 60.7 Å². The fourth-order valence-electron chi connectivity index (χ4n) is 3.40. The van der Waals surface area contributed by atoms with Gasteiger partial charge in [0, 0.05) is 5.25 Å². The Kier molecular flexibility index (Phi) is 9.85. The lowest BCUT2D eigenvalue weighted by atomic mass is 10.1. The van der Waals surface area contributed by atoms with Gasteiger partial charge < -0.3 is 14.6 Å². The zero-order valence-electron chi connectivity index (χ0n) is 20.8. The van der Waals surface area contributed by atoms with Crippen LogP contribution >= 0.6 is 11.8 Å². The number of esters is 2. The summed E-state index contributed by atoms with van der Waals surface area (Å²) in [6, 6.07) is 20.7. The average molecular weight is 525 g/mol. The number of carbonyl (C=O) groups is 3. The number of thioether (sulfide) groups is 1. The fraction of sp³-hybridized carbons (Fsp3) is 0.276. The standard InChI is InChI=1S/C21H21FO4S.C8H8O2/c1-13-3-7-15(8-4-13)19(23)25-12-17-11-18(22)21(27-17)26-20(24)16-9-5-14(2)6-10-16;1-6-2-4-7(5-3-6)8(9)10/h3-10,17-18,21H,11-12H2,1-2H3;2-5H,1H3,(H,9,10)/t17-,18+,21?;/m1./s1. The van der Waals surface area contributed by atoms with Crippen molar-refractivity contribution in [1.82, 2.24) is 0 Å². The Bertz CT molecular complexity index is 1210. The molecule has 0 bridgehead atoms. The highest BCUT2D eigenvalue weighted by molar-refractivity contribution is 8.00. The topological polar surface area (TPSA) is 89.9 Å². The van der Waals surface area contributed by atoms with E-state index in [-0.39, 0.29) is 18.3 Å². The third-order valence-electron chi connectivity index (χ3n) is 5.61. The number of halogens is 1. The molecule has 1 aliphatic heterocycles. The molecule has 1 aliphatic rings. The number of ether oxygens (including phenoxy) is 2. The molecule has 3 aromatic carbocycles. The Morgan fingerprint density at radius 1 is 0.784 bits per heavy atom. The van der Waals surface area contributed by atoms with E-state index in [2.05, 4.69) is 0 Å². The SMILES string of the molecule is Cc1ccc(C(=O)O)cc1.Cc1ccc(C(=O)OC[C@H]2C[C@H](F)C(OC(=O)c3ccc(C)cc3)S2)cc1. The van der Waals surface area contributed by atoms with Crippen LogP contribution in [0.3, 0.4) is 0 Å². The van der Waals surface area contributed by atoms with E-state index in [0.29, 0.717) is 16.7 Å². The summed E-state index contributed by atoms with van der Waals surface area (Å²) in [6.07, 6.45) is -1.11. The number of aromatic carboxylic acids is 1. The Labute approximate surface area is 219 Å². The van der Waals surface area contributed by atoms with Crippen molar-refractivity contribution < 1.29 is 33.4 Å². The number of hydrogen-bond donors (Lipinski definition) is 1. The van der Waals surface area contributed by atoms with Crippen LogP contribution in [0.25, 0.3) is 0 Å². The minimum Gasteiger partial charge on any atom is -0.478 e. The van der Waals surface area contributed by atoms with Crippen LogP contribution in [-0.2, 0) is 9.47 Å². The van der Waals surface area contributed by atoms with Crippen molar-refractivity contribution in [2.24, 2.45) is 0 Å². The second-order valence-corrected chi connectivity index (χ2v) is 10.2. The zero-order chi connectivity index (χ0) is 26.9. The van der Waals surface area contributed by atoms with Crippen molar-refractivity contribution in [3.8, 4) is 0 Å². The van der Waals surface area contributed by atoms with Crippen LogP contribution in [0.5, 0.6) is 0 Å². The maximum atomic E-state index is 14.2. The van der Waals surface area contributed by atoms with Crippen LogP contribution in [0.1, 0.15) is 54.2 Å². The summed E-state index contributed by atoms with van der Waals surface area (Å²) in [7, 11) is 0. The molecule has 0 aromatic heterocycles. The molecule has 0 amide bonds. The molecule has 0 radical (unpaired) electrons. The molecular weight excluding hydrogens is 495 g/mol. The largest absolute Gasteiger partial charge is 0.478 e. The van der Waals surface area contributed by atoms with E-state index >= 15 is 0 Å². The zero-order valence-corrected chi connectivity index (χ0v) is 21.7. The van der Waals surface area contributed by atoms with E-state index in [1.165, 1.54) is 11.8 Å². The number of hydrogen-bond acceptors (Lipinski definition) is 6. The van der Waals surface area contributed by atoms with E-state index in [0.717, 1.165) is 16.7 Å². The van der Waals surface area contributed by atoms with Gasteiger partial charge in [-0.15, -0.1) is 11.8 Å². The molecule has 0 saturated carbocycles. The summed E-state index contributed by atoms with van der Waals surface area (Å²) in [5, 5.41) is 8.23. The monoisotopic (exact) mass is 524 g/mol. The predicted molar refractivity (Wildman–Crippen MR) is 141 cm³/mol. The molecule has 37 heavy (non-hydrogen) atoms. The molecule has 3 aromatic rings. The first kappa shape index (κ1) is 27.9. The normalized spacial score (nSPS) is 18.3. The molecule has 3 atom stereocenters. The van der Waals surface area contributed by atoms with Crippen molar-refractivity contribution >= 4 is 29.7 Å². The summed E-state index contributed by atoms with van der Waals surface area (Å²) in [5.41, 5.74) is 3.46. The number of aryl methyl sites for hydroxylation is 3. The first-order valence-electron chi connectivity index (χ1n) is 11.7. The van der Waals surface area contributed by atoms with Crippen LogP contribution < -0.4 is 0 Å². The third-order valence-corrected chi connectivity index (χ3v) is 6.98. The lowest BCUT2D eigenvalue weighted by molar-refractivity contribution is 0.0330. The van der Waals surface area contributed by atoms with Gasteiger partial charge in [0.15, 0.2) is 5.44 Å². The smallest absolute Gasteiger partial charge is 0.339 e. The van der Waals surface area contributed by atoms with Gasteiger partial charge in [0.25, 0.3) is 0 Å². The fourth-order valence-corrected chi connectivity index (χ4v) is 4.65. The predicted octanol–water partition coefficient (Wildman–Crippen LogP) is 6.18. The van der Waals surface area contributed by atoms with Crippen molar-refractivity contribution in [2.75, 3.05) is 6.61 Å². The van der Waals surface area contributed by atoms with E-state index in [1.807, 2.05) is 32.9 Å². The van der Waals surface area contributed by atoms with Gasteiger partial charge in [0.05, 0.1) is 16.7 Å². The molecule has 0 spiro atoms. The number of carboxylic acids is 1. The van der Waals surface area contributed by atoms with Gasteiger partial charge in [-0.1, -0.05) is 53.1 Å². The summed E-state index contributed by atoms with van der Waals surface area (Å²) in [5.74, 6) is -1.86. The van der Waals surface area contributed by atoms with E-state index in [9.17, 15) is 18.8 Å². The second-order valence-electron chi connectivity index (χ2n) is 8.79. The molecule has 1 N–H and O–H groups in total. The molecule has 1 heterocycles. The first-order chi connectivity index (χ1) is 17.6. The van der Waals surface area contributed by atoms with Crippen molar-refractivity contribution in [3.63, 3.8) is 0 Å². The van der Waals surface area contributed by atoms with Crippen LogP contribution in [-0.4, -0.2) is 46.5 Å². The molecule has 1 unspecified atom stereocenters. The Morgan fingerprint density at radius 3 is 1.68 bits per heavy atom. The molecule has 194 valence electrons. The van der Waals surface area contributed by atoms with Crippen LogP contribution in [0.4, 0.5) is 4.39 Å². The molecule has 1 fully saturated rings. The minimum atomic E-state index is -1.28. The van der Waals surface area contributed by atoms with Crippen LogP contribution in [0.2, 0.25) is 0 Å². The second kappa shape index (κ2) is 13.1. The molecule has 6 nitrogen and oxygen atoms in total. The summed E-state index contributed by atoms with van der Waals surface area (Å²) >= 11 is 1.19. The van der Waals surface area contributed by atoms with Crippen molar-refractivity contribution in [3.05, 3.63) is 106 Å². The minimum absolute atomic E-state index is 0.0797. The Morgan fingerprint density at radius 2 is 1.22 bits per heavy atom. The van der Waals surface area contributed by atoms with Gasteiger partial charge in [0.2, 0.25) is 0 Å². The van der Waals surface area contributed by atoms with Crippen LogP contribution in [0.15, 0.2) is 72.8 Å². The third kappa shape index (κ3) is 8.46. The lowest BCUT2D eigenvalue weighted by Crippen LogP contribution is -2.20. The highest BCUT2D eigenvalue weighted by Gasteiger charge is 2.38. The summed E-state index contributed by atoms with van der Waals surface area (Å²) in [6.45, 7) is 5.85.